The summed E-state index contributed by atoms with van der Waals surface area (Å²) in [6, 6.07) is 0.382. The van der Waals surface area contributed by atoms with Crippen LogP contribution in [0.25, 0.3) is 0 Å². The van der Waals surface area contributed by atoms with E-state index in [1.165, 1.54) is 12.8 Å². The number of nitrogens with zero attached hydrogens (tertiary/aromatic N) is 2. The Labute approximate surface area is 102 Å². The summed E-state index contributed by atoms with van der Waals surface area (Å²) >= 11 is 0. The highest BCUT2D eigenvalue weighted by Crippen LogP contribution is 2.18. The molecule has 1 N–H and O–H groups in total. The lowest BCUT2D eigenvalue weighted by molar-refractivity contribution is -0.138. The second kappa shape index (κ2) is 5.80. The highest BCUT2D eigenvalue weighted by molar-refractivity contribution is 5.69. The van der Waals surface area contributed by atoms with Gasteiger partial charge >= 0.3 is 5.97 Å². The van der Waals surface area contributed by atoms with Crippen molar-refractivity contribution in [1.29, 1.82) is 0 Å². The van der Waals surface area contributed by atoms with Gasteiger partial charge in [0, 0.05) is 25.7 Å². The van der Waals surface area contributed by atoms with E-state index < -0.39 is 5.97 Å². The van der Waals surface area contributed by atoms with Crippen molar-refractivity contribution in [3.63, 3.8) is 0 Å². The molecule has 2 fully saturated rings. The predicted octanol–water partition coefficient (Wildman–Crippen LogP) is 0.256. The van der Waals surface area contributed by atoms with E-state index in [-0.39, 0.29) is 6.54 Å². The summed E-state index contributed by atoms with van der Waals surface area (Å²) in [6.07, 6.45) is 3.82. The first-order valence-electron chi connectivity index (χ1n) is 6.41. The molecule has 2 aliphatic rings. The molecule has 0 amide bonds. The SMILES string of the molecule is CN(CC(=O)O)C1CCN(CC2CCCO2)C1. The van der Waals surface area contributed by atoms with Crippen LogP contribution < -0.4 is 0 Å². The van der Waals surface area contributed by atoms with Gasteiger partial charge in [0.2, 0.25) is 0 Å². The van der Waals surface area contributed by atoms with E-state index in [1.54, 1.807) is 0 Å². The van der Waals surface area contributed by atoms with Crippen molar-refractivity contribution in [2.45, 2.75) is 31.4 Å². The zero-order chi connectivity index (χ0) is 12.3. The summed E-state index contributed by atoms with van der Waals surface area (Å²) in [4.78, 5) is 15.0. The van der Waals surface area contributed by atoms with Crippen LogP contribution in [0.15, 0.2) is 0 Å². The van der Waals surface area contributed by atoms with Gasteiger partial charge in [-0.2, -0.15) is 0 Å². The third-order valence-electron chi connectivity index (χ3n) is 3.74. The quantitative estimate of drug-likeness (QED) is 0.749. The number of likely N-dealkylation sites (tertiary alicyclic amines) is 1. The molecule has 2 aliphatic heterocycles. The fourth-order valence-electron chi connectivity index (χ4n) is 2.76. The number of carboxylic acid groups (broad SMARTS) is 1. The minimum Gasteiger partial charge on any atom is -0.480 e. The van der Waals surface area contributed by atoms with Crippen LogP contribution in [0.2, 0.25) is 0 Å². The molecule has 0 spiro atoms. The molecule has 2 saturated heterocycles. The minimum absolute atomic E-state index is 0.137. The highest BCUT2D eigenvalue weighted by atomic mass is 16.5. The Kier molecular flexibility index (Phi) is 4.36. The molecule has 0 radical (unpaired) electrons. The average Bonchev–Trinajstić information content (AvgIpc) is 2.88. The Morgan fingerprint density at radius 1 is 1.53 bits per heavy atom. The minimum atomic E-state index is -0.745. The van der Waals surface area contributed by atoms with Crippen LogP contribution in [0.3, 0.4) is 0 Å². The second-order valence-corrected chi connectivity index (χ2v) is 5.15. The number of aliphatic carboxylic acids is 1. The van der Waals surface area contributed by atoms with E-state index >= 15 is 0 Å². The van der Waals surface area contributed by atoms with Gasteiger partial charge in [-0.25, -0.2) is 0 Å². The molecule has 0 aromatic heterocycles. The second-order valence-electron chi connectivity index (χ2n) is 5.15. The molecule has 0 bridgehead atoms. The molecule has 98 valence electrons. The lowest BCUT2D eigenvalue weighted by Gasteiger charge is -2.24. The van der Waals surface area contributed by atoms with Gasteiger partial charge in [-0.15, -0.1) is 0 Å². The highest BCUT2D eigenvalue weighted by Gasteiger charge is 2.29. The van der Waals surface area contributed by atoms with Crippen molar-refractivity contribution < 1.29 is 14.6 Å². The Morgan fingerprint density at radius 3 is 3.00 bits per heavy atom. The Hall–Kier alpha value is -0.650. The van der Waals surface area contributed by atoms with E-state index in [9.17, 15) is 4.79 Å². The van der Waals surface area contributed by atoms with Gasteiger partial charge in [0.15, 0.2) is 0 Å². The maximum absolute atomic E-state index is 10.7. The lowest BCUT2D eigenvalue weighted by Crippen LogP contribution is -2.39. The fraction of sp³-hybridized carbons (Fsp3) is 0.917. The van der Waals surface area contributed by atoms with Crippen LogP contribution in [0.4, 0.5) is 0 Å². The number of carbonyl (C=O) groups is 1. The molecule has 2 unspecified atom stereocenters. The van der Waals surface area contributed by atoms with E-state index in [4.69, 9.17) is 9.84 Å². The molecule has 5 heteroatoms. The normalized spacial score (nSPS) is 30.2. The molecule has 0 aromatic rings. The van der Waals surface area contributed by atoms with Gasteiger partial charge < -0.3 is 9.84 Å². The van der Waals surface area contributed by atoms with Crippen LogP contribution in [0, 0.1) is 0 Å². The average molecular weight is 242 g/mol. The molecule has 5 nitrogen and oxygen atoms in total. The van der Waals surface area contributed by atoms with E-state index in [1.807, 2.05) is 11.9 Å². The van der Waals surface area contributed by atoms with Crippen molar-refractivity contribution in [2.24, 2.45) is 0 Å². The van der Waals surface area contributed by atoms with Crippen LogP contribution in [0.5, 0.6) is 0 Å². The monoisotopic (exact) mass is 242 g/mol. The van der Waals surface area contributed by atoms with Crippen molar-refractivity contribution >= 4 is 5.97 Å². The van der Waals surface area contributed by atoms with Crippen LogP contribution in [0.1, 0.15) is 19.3 Å². The molecule has 2 atom stereocenters. The topological polar surface area (TPSA) is 53.0 Å². The zero-order valence-corrected chi connectivity index (χ0v) is 10.5. The van der Waals surface area contributed by atoms with Crippen LogP contribution in [-0.2, 0) is 9.53 Å². The van der Waals surface area contributed by atoms with E-state index in [2.05, 4.69) is 4.90 Å². The maximum Gasteiger partial charge on any atom is 0.317 e. The first-order chi connectivity index (χ1) is 8.15. The Morgan fingerprint density at radius 2 is 2.35 bits per heavy atom. The number of hydrogen-bond acceptors (Lipinski definition) is 4. The number of carboxylic acids is 1. The van der Waals surface area contributed by atoms with E-state index in [0.717, 1.165) is 32.7 Å². The molecule has 17 heavy (non-hydrogen) atoms. The molecular formula is C12H22N2O3. The third-order valence-corrected chi connectivity index (χ3v) is 3.74. The van der Waals surface area contributed by atoms with Gasteiger partial charge in [-0.05, 0) is 32.9 Å². The van der Waals surface area contributed by atoms with E-state index in [0.29, 0.717) is 12.1 Å². The van der Waals surface area contributed by atoms with Gasteiger partial charge in [-0.1, -0.05) is 0 Å². The van der Waals surface area contributed by atoms with Crippen LogP contribution in [-0.4, -0.2) is 72.9 Å². The first kappa shape index (κ1) is 12.8. The largest absolute Gasteiger partial charge is 0.480 e. The summed E-state index contributed by atoms with van der Waals surface area (Å²) in [5, 5.41) is 8.76. The van der Waals surface area contributed by atoms with Crippen molar-refractivity contribution in [3.8, 4) is 0 Å². The molecule has 2 rings (SSSR count). The molecular weight excluding hydrogens is 220 g/mol. The number of likely N-dealkylation sites (N-methyl/N-ethyl adjacent to an activating group) is 1. The van der Waals surface area contributed by atoms with Gasteiger partial charge in [0.25, 0.3) is 0 Å². The summed E-state index contributed by atoms with van der Waals surface area (Å²) < 4.78 is 5.63. The van der Waals surface area contributed by atoms with Crippen molar-refractivity contribution in [3.05, 3.63) is 0 Å². The Balaban J connectivity index is 1.72. The maximum atomic E-state index is 10.7. The summed E-state index contributed by atoms with van der Waals surface area (Å²) in [5.74, 6) is -0.745. The third kappa shape index (κ3) is 3.66. The number of ether oxygens (including phenoxy) is 1. The molecule has 0 saturated carbocycles. The summed E-state index contributed by atoms with van der Waals surface area (Å²) in [7, 11) is 1.90. The predicted molar refractivity (Wildman–Crippen MR) is 64.1 cm³/mol. The smallest absolute Gasteiger partial charge is 0.317 e. The molecule has 0 aromatic carbocycles. The first-order valence-corrected chi connectivity index (χ1v) is 6.41. The van der Waals surface area contributed by atoms with Gasteiger partial charge in [0.1, 0.15) is 0 Å². The number of hydrogen-bond donors (Lipinski definition) is 1. The molecule has 0 aliphatic carbocycles. The summed E-state index contributed by atoms with van der Waals surface area (Å²) in [6.45, 7) is 4.09. The van der Waals surface area contributed by atoms with Gasteiger partial charge in [-0.3, -0.25) is 14.6 Å². The lowest BCUT2D eigenvalue weighted by atomic mass is 10.2. The van der Waals surface area contributed by atoms with Gasteiger partial charge in [0.05, 0.1) is 12.6 Å². The van der Waals surface area contributed by atoms with Crippen molar-refractivity contribution in [1.82, 2.24) is 9.80 Å². The van der Waals surface area contributed by atoms with Crippen molar-refractivity contribution in [2.75, 3.05) is 39.8 Å². The fourth-order valence-corrected chi connectivity index (χ4v) is 2.76. The summed E-state index contributed by atoms with van der Waals surface area (Å²) in [5.41, 5.74) is 0. The number of rotatable bonds is 5. The van der Waals surface area contributed by atoms with Crippen LogP contribution >= 0.6 is 0 Å². The Bertz CT molecular complexity index is 266. The molecule has 2 heterocycles. The standard InChI is InChI=1S/C12H22N2O3/c1-13(9-12(15)16)10-4-5-14(7-10)8-11-3-2-6-17-11/h10-11H,2-9H2,1H3,(H,15,16). The zero-order valence-electron chi connectivity index (χ0n) is 10.5.